The first-order valence-corrected chi connectivity index (χ1v) is 4.55. The van der Waals surface area contributed by atoms with Crippen LogP contribution >= 0.6 is 0 Å². The van der Waals surface area contributed by atoms with Crippen LogP contribution in [-0.4, -0.2) is 16.6 Å². The minimum absolute atomic E-state index is 0.0201. The third-order valence-electron chi connectivity index (χ3n) is 1.99. The maximum Gasteiger partial charge on any atom is 0.167 e. The number of carbonyl (C=O) groups is 2. The minimum Gasteiger partial charge on any atom is -0.300 e. The van der Waals surface area contributed by atoms with E-state index in [9.17, 15) is 9.59 Å². The van der Waals surface area contributed by atoms with Crippen LogP contribution in [0.4, 0.5) is 0 Å². The predicted molar refractivity (Wildman–Crippen MR) is 53.0 cm³/mol. The van der Waals surface area contributed by atoms with Gasteiger partial charge < -0.3 is 4.79 Å². The number of rotatable bonds is 4. The highest BCUT2D eigenvalue weighted by molar-refractivity contribution is 5.99. The summed E-state index contributed by atoms with van der Waals surface area (Å²) in [7, 11) is 0. The lowest BCUT2D eigenvalue weighted by atomic mass is 9.96. The molecule has 1 unspecified atom stereocenters. The molecule has 0 bridgehead atoms. The SMILES string of the molecule is CC(=O)CC(C)C(=O)c1cccnc1. The zero-order valence-electron chi connectivity index (χ0n) is 8.36. The van der Waals surface area contributed by atoms with Crippen molar-refractivity contribution < 1.29 is 9.59 Å². The summed E-state index contributed by atoms with van der Waals surface area (Å²) in [4.78, 5) is 26.4. The Labute approximate surface area is 83.2 Å². The quantitative estimate of drug-likeness (QED) is 0.682. The summed E-state index contributed by atoms with van der Waals surface area (Å²) in [5.74, 6) is -0.236. The lowest BCUT2D eigenvalue weighted by Gasteiger charge is -2.07. The van der Waals surface area contributed by atoms with Gasteiger partial charge in [-0.3, -0.25) is 9.78 Å². The van der Waals surface area contributed by atoms with Crippen LogP contribution in [0.25, 0.3) is 0 Å². The lowest BCUT2D eigenvalue weighted by molar-refractivity contribution is -0.117. The van der Waals surface area contributed by atoms with E-state index >= 15 is 0 Å². The van der Waals surface area contributed by atoms with Gasteiger partial charge in [0.25, 0.3) is 0 Å². The van der Waals surface area contributed by atoms with E-state index in [0.717, 1.165) is 0 Å². The van der Waals surface area contributed by atoms with Gasteiger partial charge in [-0.15, -0.1) is 0 Å². The zero-order valence-corrected chi connectivity index (χ0v) is 8.36. The second kappa shape index (κ2) is 4.65. The van der Waals surface area contributed by atoms with Gasteiger partial charge in [-0.05, 0) is 19.1 Å². The highest BCUT2D eigenvalue weighted by Gasteiger charge is 2.16. The van der Waals surface area contributed by atoms with E-state index in [1.807, 2.05) is 0 Å². The number of hydrogen-bond donors (Lipinski definition) is 0. The van der Waals surface area contributed by atoms with Gasteiger partial charge in [0.1, 0.15) is 5.78 Å². The average molecular weight is 191 g/mol. The number of nitrogens with zero attached hydrogens (tertiary/aromatic N) is 1. The maximum absolute atomic E-state index is 11.7. The Balaban J connectivity index is 2.71. The van der Waals surface area contributed by atoms with E-state index in [1.54, 1.807) is 25.3 Å². The first kappa shape index (κ1) is 10.6. The predicted octanol–water partition coefficient (Wildman–Crippen LogP) is 1.88. The molecule has 0 fully saturated rings. The molecule has 1 heterocycles. The number of hydrogen-bond acceptors (Lipinski definition) is 3. The minimum atomic E-state index is -0.253. The Morgan fingerprint density at radius 2 is 2.21 bits per heavy atom. The largest absolute Gasteiger partial charge is 0.300 e. The first-order chi connectivity index (χ1) is 6.61. The van der Waals surface area contributed by atoms with Crippen molar-refractivity contribution in [1.29, 1.82) is 0 Å². The summed E-state index contributed by atoms with van der Waals surface area (Å²) < 4.78 is 0. The molecule has 14 heavy (non-hydrogen) atoms. The van der Waals surface area contributed by atoms with Crippen molar-refractivity contribution in [3.8, 4) is 0 Å². The monoisotopic (exact) mass is 191 g/mol. The molecule has 3 nitrogen and oxygen atoms in total. The molecule has 1 rings (SSSR count). The van der Waals surface area contributed by atoms with Crippen molar-refractivity contribution in [3.63, 3.8) is 0 Å². The normalized spacial score (nSPS) is 12.1. The van der Waals surface area contributed by atoms with Crippen molar-refractivity contribution in [3.05, 3.63) is 30.1 Å². The van der Waals surface area contributed by atoms with Gasteiger partial charge in [-0.25, -0.2) is 0 Å². The Morgan fingerprint density at radius 3 is 2.71 bits per heavy atom. The van der Waals surface area contributed by atoms with Gasteiger partial charge in [0.05, 0.1) is 0 Å². The molecule has 1 aromatic rings. The van der Waals surface area contributed by atoms with E-state index < -0.39 is 0 Å². The zero-order chi connectivity index (χ0) is 10.6. The fourth-order valence-corrected chi connectivity index (χ4v) is 1.32. The molecule has 1 aromatic heterocycles. The number of aromatic nitrogens is 1. The molecule has 0 spiro atoms. The van der Waals surface area contributed by atoms with Crippen molar-refractivity contribution in [2.75, 3.05) is 0 Å². The second-order valence-corrected chi connectivity index (χ2v) is 3.41. The number of Topliss-reactive ketones (excluding diaryl/α,β-unsaturated/α-hetero) is 2. The molecule has 74 valence electrons. The fourth-order valence-electron chi connectivity index (χ4n) is 1.32. The maximum atomic E-state index is 11.7. The summed E-state index contributed by atoms with van der Waals surface area (Å²) in [5, 5.41) is 0. The molecular weight excluding hydrogens is 178 g/mol. The van der Waals surface area contributed by atoms with Crippen LogP contribution in [0.1, 0.15) is 30.6 Å². The molecule has 1 atom stereocenters. The van der Waals surface area contributed by atoms with Crippen LogP contribution in [-0.2, 0) is 4.79 Å². The molecule has 0 radical (unpaired) electrons. The highest BCUT2D eigenvalue weighted by Crippen LogP contribution is 2.11. The van der Waals surface area contributed by atoms with E-state index in [4.69, 9.17) is 0 Å². The van der Waals surface area contributed by atoms with E-state index in [1.165, 1.54) is 13.1 Å². The molecule has 0 N–H and O–H groups in total. The molecule has 0 aliphatic heterocycles. The molecule has 0 amide bonds. The third-order valence-corrected chi connectivity index (χ3v) is 1.99. The Kier molecular flexibility index (Phi) is 3.51. The summed E-state index contributed by atoms with van der Waals surface area (Å²) in [6.45, 7) is 3.25. The highest BCUT2D eigenvalue weighted by atomic mass is 16.1. The molecular formula is C11H13NO2. The van der Waals surface area contributed by atoms with Gasteiger partial charge >= 0.3 is 0 Å². The number of pyridine rings is 1. The van der Waals surface area contributed by atoms with Gasteiger partial charge in [0.2, 0.25) is 0 Å². The molecule has 0 aliphatic carbocycles. The van der Waals surface area contributed by atoms with Crippen molar-refractivity contribution in [1.82, 2.24) is 4.98 Å². The third kappa shape index (κ3) is 2.76. The van der Waals surface area contributed by atoms with Gasteiger partial charge in [0.15, 0.2) is 5.78 Å². The number of carbonyl (C=O) groups excluding carboxylic acids is 2. The smallest absolute Gasteiger partial charge is 0.167 e. The van der Waals surface area contributed by atoms with E-state index in [0.29, 0.717) is 12.0 Å². The molecule has 0 saturated heterocycles. The van der Waals surface area contributed by atoms with Crippen LogP contribution in [0.5, 0.6) is 0 Å². The summed E-state index contributed by atoms with van der Waals surface area (Å²) in [5.41, 5.74) is 0.571. The Hall–Kier alpha value is -1.51. The van der Waals surface area contributed by atoms with Crippen molar-refractivity contribution in [2.24, 2.45) is 5.92 Å². The molecule has 3 heteroatoms. The summed E-state index contributed by atoms with van der Waals surface area (Å²) in [6, 6.07) is 3.43. The van der Waals surface area contributed by atoms with E-state index in [2.05, 4.69) is 4.98 Å². The molecule has 0 saturated carbocycles. The second-order valence-electron chi connectivity index (χ2n) is 3.41. The Morgan fingerprint density at radius 1 is 1.50 bits per heavy atom. The van der Waals surface area contributed by atoms with Crippen molar-refractivity contribution in [2.45, 2.75) is 20.3 Å². The van der Waals surface area contributed by atoms with Crippen molar-refractivity contribution >= 4 is 11.6 Å². The van der Waals surface area contributed by atoms with Crippen LogP contribution in [0.3, 0.4) is 0 Å². The van der Waals surface area contributed by atoms with Crippen LogP contribution in [0, 0.1) is 5.92 Å². The van der Waals surface area contributed by atoms with Crippen LogP contribution < -0.4 is 0 Å². The topological polar surface area (TPSA) is 47.0 Å². The summed E-state index contributed by atoms with van der Waals surface area (Å²) in [6.07, 6.45) is 3.44. The first-order valence-electron chi connectivity index (χ1n) is 4.55. The number of ketones is 2. The van der Waals surface area contributed by atoms with E-state index in [-0.39, 0.29) is 17.5 Å². The van der Waals surface area contributed by atoms with Gasteiger partial charge in [0, 0.05) is 30.3 Å². The van der Waals surface area contributed by atoms with Crippen LogP contribution in [0.2, 0.25) is 0 Å². The van der Waals surface area contributed by atoms with Crippen LogP contribution in [0.15, 0.2) is 24.5 Å². The van der Waals surface area contributed by atoms with Gasteiger partial charge in [-0.2, -0.15) is 0 Å². The average Bonchev–Trinajstić information content (AvgIpc) is 2.17. The van der Waals surface area contributed by atoms with Gasteiger partial charge in [-0.1, -0.05) is 6.92 Å². The lowest BCUT2D eigenvalue weighted by Crippen LogP contribution is -2.14. The Bertz CT molecular complexity index is 332. The standard InChI is InChI=1S/C11H13NO2/c1-8(6-9(2)13)11(14)10-4-3-5-12-7-10/h3-5,7-8H,6H2,1-2H3. The molecule has 0 aliphatic rings. The fraction of sp³-hybridized carbons (Fsp3) is 0.364. The summed E-state index contributed by atoms with van der Waals surface area (Å²) >= 11 is 0. The molecule has 0 aromatic carbocycles.